The molecule has 58 heavy (non-hydrogen) atoms. The van der Waals surface area contributed by atoms with Gasteiger partial charge < -0.3 is 88.6 Å². The Labute approximate surface area is 331 Å². The van der Waals surface area contributed by atoms with E-state index in [1.807, 2.05) is 13.8 Å². The van der Waals surface area contributed by atoms with Gasteiger partial charge in [-0.3, -0.25) is 4.79 Å². The van der Waals surface area contributed by atoms with E-state index in [2.05, 4.69) is 0 Å². The number of phenols is 1. The van der Waals surface area contributed by atoms with E-state index in [1.54, 1.807) is 18.2 Å². The highest BCUT2D eigenvalue weighted by Gasteiger charge is 2.51. The third-order valence-electron chi connectivity index (χ3n) is 10.4. The molecule has 19 nitrogen and oxygen atoms in total. The van der Waals surface area contributed by atoms with E-state index in [9.17, 15) is 55.9 Å². The molecule has 19 heteroatoms. The molecule has 3 fully saturated rings. The maximum Gasteiger partial charge on any atom is 0.239 e. The van der Waals surface area contributed by atoms with Gasteiger partial charge in [-0.2, -0.15) is 0 Å². The molecule has 3 saturated heterocycles. The zero-order valence-corrected chi connectivity index (χ0v) is 32.2. The third kappa shape index (κ3) is 8.41. The average molecular weight is 823 g/mol. The topological polar surface area (TPSA) is 297 Å². The van der Waals surface area contributed by atoms with Crippen LogP contribution < -0.4 is 19.6 Å². The fraction of sp³-hybridized carbons (Fsp3) is 0.564. The largest absolute Gasteiger partial charge is 0.507 e. The van der Waals surface area contributed by atoms with E-state index in [1.165, 1.54) is 33.1 Å². The normalized spacial score (nSPS) is 35.4. The Morgan fingerprint density at radius 3 is 1.98 bits per heavy atom. The van der Waals surface area contributed by atoms with Crippen LogP contribution in [0, 0.1) is 0 Å². The summed E-state index contributed by atoms with van der Waals surface area (Å²) in [6.07, 6.45) is -22.2. The number of hydrogen-bond donors (Lipinski definition) is 10. The van der Waals surface area contributed by atoms with Crippen molar-refractivity contribution in [1.82, 2.24) is 0 Å². The van der Waals surface area contributed by atoms with E-state index in [-0.39, 0.29) is 34.6 Å². The van der Waals surface area contributed by atoms with E-state index in [4.69, 9.17) is 37.6 Å². The quantitative estimate of drug-likeness (QED) is 0.103. The van der Waals surface area contributed by atoms with Gasteiger partial charge in [0.05, 0.1) is 25.9 Å². The Bertz CT molecular complexity index is 1980. The predicted octanol–water partition coefficient (Wildman–Crippen LogP) is -1.08. The minimum absolute atomic E-state index is 0.0169. The van der Waals surface area contributed by atoms with Crippen LogP contribution in [0.4, 0.5) is 0 Å². The third-order valence-corrected chi connectivity index (χ3v) is 10.4. The second-order valence-electron chi connectivity index (χ2n) is 14.8. The fourth-order valence-electron chi connectivity index (χ4n) is 6.93. The van der Waals surface area contributed by atoms with Crippen LogP contribution in [0.2, 0.25) is 0 Å². The van der Waals surface area contributed by atoms with E-state index < -0.39 is 121 Å². The first-order valence-corrected chi connectivity index (χ1v) is 18.6. The fourth-order valence-corrected chi connectivity index (χ4v) is 6.93. The number of methoxy groups -OCH3 is 1. The molecule has 0 saturated carbocycles. The Balaban J connectivity index is 1.50. The molecule has 0 unspecified atom stereocenters. The average Bonchev–Trinajstić information content (AvgIpc) is 3.20. The number of fused-ring (bicyclic) bond motifs is 1. The van der Waals surface area contributed by atoms with Crippen molar-refractivity contribution in [1.29, 1.82) is 0 Å². The number of rotatable bonds is 11. The highest BCUT2D eigenvalue weighted by Crippen LogP contribution is 2.42. The first kappa shape index (κ1) is 43.6. The van der Waals surface area contributed by atoms with Gasteiger partial charge in [0, 0.05) is 17.2 Å². The summed E-state index contributed by atoms with van der Waals surface area (Å²) in [5.41, 5.74) is 0.0592. The molecule has 15 atom stereocenters. The van der Waals surface area contributed by atoms with Crippen LogP contribution in [0.1, 0.15) is 33.3 Å². The SMILES string of the molecule is COc1ccc(-c2oc3c(CC=C(C)C)c(O[C@@H]4O[C@H](CO)[C@H](O)[C@H](O)[C@H]4O)cc(O)c3c(=O)c2O[C@@H]2O[C@@H](C)[C@@H](O)[C@@H](O)[C@H]2O[C@@H]2O[C@@H](C)[C@@H](O)[C@@H](O)[C@H]2O)cc1. The molecule has 320 valence electrons. The molecule has 1 aromatic heterocycles. The second kappa shape index (κ2) is 17.7. The van der Waals surface area contributed by atoms with Crippen LogP contribution in [0.15, 0.2) is 51.2 Å². The summed E-state index contributed by atoms with van der Waals surface area (Å²) in [7, 11) is 1.45. The zero-order chi connectivity index (χ0) is 42.3. The predicted molar refractivity (Wildman–Crippen MR) is 198 cm³/mol. The van der Waals surface area contributed by atoms with Gasteiger partial charge in [0.15, 0.2) is 18.2 Å². The zero-order valence-electron chi connectivity index (χ0n) is 32.2. The molecular weight excluding hydrogens is 772 g/mol. The van der Waals surface area contributed by atoms with Crippen molar-refractivity contribution in [3.8, 4) is 34.3 Å². The monoisotopic (exact) mass is 822 g/mol. The van der Waals surface area contributed by atoms with Crippen LogP contribution >= 0.6 is 0 Å². The summed E-state index contributed by atoms with van der Waals surface area (Å²) in [6, 6.07) is 7.27. The molecule has 0 aliphatic carbocycles. The molecule has 3 aliphatic heterocycles. The van der Waals surface area contributed by atoms with Crippen molar-refractivity contribution in [2.45, 2.75) is 126 Å². The van der Waals surface area contributed by atoms with Gasteiger partial charge in [-0.1, -0.05) is 11.6 Å². The highest BCUT2D eigenvalue weighted by molar-refractivity contribution is 5.91. The van der Waals surface area contributed by atoms with Crippen molar-refractivity contribution < 1.29 is 88.6 Å². The lowest BCUT2D eigenvalue weighted by atomic mass is 9.98. The number of benzene rings is 2. The van der Waals surface area contributed by atoms with Gasteiger partial charge in [0.25, 0.3) is 0 Å². The lowest BCUT2D eigenvalue weighted by Gasteiger charge is -2.45. The molecular formula is C39H50O19. The van der Waals surface area contributed by atoms with E-state index in [0.29, 0.717) is 5.75 Å². The second-order valence-corrected chi connectivity index (χ2v) is 14.8. The first-order valence-electron chi connectivity index (χ1n) is 18.6. The van der Waals surface area contributed by atoms with Gasteiger partial charge in [-0.05, 0) is 58.4 Å². The molecule has 0 spiro atoms. The number of aromatic hydroxyl groups is 1. The van der Waals surface area contributed by atoms with E-state index in [0.717, 1.165) is 11.6 Å². The number of aliphatic hydroxyl groups is 9. The molecule has 4 heterocycles. The lowest BCUT2D eigenvalue weighted by molar-refractivity contribution is -0.352. The Kier molecular flexibility index (Phi) is 13.3. The summed E-state index contributed by atoms with van der Waals surface area (Å²) in [6.45, 7) is 5.71. The van der Waals surface area contributed by atoms with Crippen LogP contribution in [0.3, 0.4) is 0 Å². The highest BCUT2D eigenvalue weighted by atomic mass is 16.8. The standard InChI is InChI=1S/C39H50O19/c1-14(2)6-11-19-21(54-38-32(50)29(47)26(44)22(13-40)55-38)12-20(41)23-27(45)35(33(56-34(19)23)17-7-9-18(51-5)10-8-17)57-39-36(30(48)25(43)16(4)53-39)58-37-31(49)28(46)24(42)15(3)52-37/h6-10,12,15-16,22,24-26,28-32,36-44,46-50H,11,13H2,1-5H3/t15-,16-,22+,24+,25+,26-,28+,29-,30+,31+,32+,36+,37-,38+,39-/m0/s1. The van der Waals surface area contributed by atoms with Crippen molar-refractivity contribution in [2.24, 2.45) is 0 Å². The number of hydrogen-bond acceptors (Lipinski definition) is 19. The smallest absolute Gasteiger partial charge is 0.239 e. The van der Waals surface area contributed by atoms with Crippen LogP contribution in [-0.2, 0) is 25.4 Å². The maximum atomic E-state index is 14.7. The summed E-state index contributed by atoms with van der Waals surface area (Å²) >= 11 is 0. The number of ether oxygens (including phenoxy) is 7. The van der Waals surface area contributed by atoms with Crippen molar-refractivity contribution in [2.75, 3.05) is 13.7 Å². The summed E-state index contributed by atoms with van der Waals surface area (Å²) < 4.78 is 46.9. The molecule has 6 rings (SSSR count). The molecule has 0 amide bonds. The summed E-state index contributed by atoms with van der Waals surface area (Å²) in [4.78, 5) is 14.7. The Morgan fingerprint density at radius 2 is 1.36 bits per heavy atom. The molecule has 3 aromatic rings. The van der Waals surface area contributed by atoms with Crippen LogP contribution in [-0.4, -0.2) is 157 Å². The van der Waals surface area contributed by atoms with Gasteiger partial charge in [0.1, 0.15) is 83.2 Å². The van der Waals surface area contributed by atoms with Gasteiger partial charge >= 0.3 is 0 Å². The van der Waals surface area contributed by atoms with E-state index >= 15 is 0 Å². The number of allylic oxidation sites excluding steroid dienone is 2. The minimum Gasteiger partial charge on any atom is -0.507 e. The van der Waals surface area contributed by atoms with Crippen molar-refractivity contribution in [3.63, 3.8) is 0 Å². The minimum atomic E-state index is -1.83. The Morgan fingerprint density at radius 1 is 0.759 bits per heavy atom. The number of aliphatic hydroxyl groups excluding tert-OH is 9. The summed E-state index contributed by atoms with van der Waals surface area (Å²) in [5, 5.41) is 106. The molecule has 2 aromatic carbocycles. The number of phenolic OH excluding ortho intramolecular Hbond substituents is 1. The molecule has 0 radical (unpaired) electrons. The van der Waals surface area contributed by atoms with Crippen molar-refractivity contribution in [3.05, 3.63) is 57.8 Å². The maximum absolute atomic E-state index is 14.7. The summed E-state index contributed by atoms with van der Waals surface area (Å²) in [5.74, 6) is -1.22. The van der Waals surface area contributed by atoms with Gasteiger partial charge in [0.2, 0.25) is 23.8 Å². The van der Waals surface area contributed by atoms with Crippen LogP contribution in [0.5, 0.6) is 23.0 Å². The first-order chi connectivity index (χ1) is 27.5. The van der Waals surface area contributed by atoms with Gasteiger partial charge in [-0.15, -0.1) is 0 Å². The van der Waals surface area contributed by atoms with Crippen LogP contribution in [0.25, 0.3) is 22.3 Å². The molecule has 0 bridgehead atoms. The molecule has 3 aliphatic rings. The lowest BCUT2D eigenvalue weighted by Crippen LogP contribution is -2.63. The van der Waals surface area contributed by atoms with Crippen molar-refractivity contribution >= 4 is 11.0 Å². The molecule has 10 N–H and O–H groups in total. The van der Waals surface area contributed by atoms with Gasteiger partial charge in [-0.25, -0.2) is 0 Å². The Hall–Kier alpha value is -3.93.